The van der Waals surface area contributed by atoms with Crippen LogP contribution in [0.4, 0.5) is 0 Å². The largest absolute Gasteiger partial charge is 0.394 e. The molecule has 0 bridgehead atoms. The molecule has 74 valence electrons. The third-order valence-corrected chi connectivity index (χ3v) is 1.87. The number of nitrogens with zero attached hydrogens (tertiary/aromatic N) is 3. The number of hydrogen-bond acceptors (Lipinski definition) is 5. The second kappa shape index (κ2) is 4.31. The van der Waals surface area contributed by atoms with Crippen LogP contribution < -0.4 is 5.73 Å². The van der Waals surface area contributed by atoms with Gasteiger partial charge < -0.3 is 15.9 Å². The molecule has 0 saturated carbocycles. The molecule has 1 rings (SSSR count). The SMILES string of the molecule is Cc1c(CN)nnn1CC(O)CO. The molecule has 1 atom stereocenters. The molecule has 0 aliphatic rings. The summed E-state index contributed by atoms with van der Waals surface area (Å²) >= 11 is 0. The topological polar surface area (TPSA) is 97.2 Å². The van der Waals surface area contributed by atoms with Gasteiger partial charge in [0.05, 0.1) is 30.6 Å². The minimum absolute atomic E-state index is 0.245. The normalized spacial score (nSPS) is 13.2. The smallest absolute Gasteiger partial charge is 0.0991 e. The average molecular weight is 186 g/mol. The van der Waals surface area contributed by atoms with E-state index in [0.717, 1.165) is 5.69 Å². The van der Waals surface area contributed by atoms with Crippen molar-refractivity contribution in [3.05, 3.63) is 11.4 Å². The van der Waals surface area contributed by atoms with E-state index < -0.39 is 6.10 Å². The van der Waals surface area contributed by atoms with Crippen molar-refractivity contribution in [1.82, 2.24) is 15.0 Å². The summed E-state index contributed by atoms with van der Waals surface area (Å²) in [5.74, 6) is 0. The van der Waals surface area contributed by atoms with Crippen molar-refractivity contribution in [2.75, 3.05) is 6.61 Å². The highest BCUT2D eigenvalue weighted by atomic mass is 16.3. The van der Waals surface area contributed by atoms with Crippen LogP contribution in [0, 0.1) is 6.92 Å². The Morgan fingerprint density at radius 3 is 2.77 bits per heavy atom. The van der Waals surface area contributed by atoms with E-state index >= 15 is 0 Å². The van der Waals surface area contributed by atoms with Crippen molar-refractivity contribution in [3.8, 4) is 0 Å². The van der Waals surface area contributed by atoms with E-state index in [9.17, 15) is 0 Å². The molecule has 6 nitrogen and oxygen atoms in total. The number of aliphatic hydroxyl groups is 2. The molecular formula is C7H14N4O2. The molecular weight excluding hydrogens is 172 g/mol. The first-order valence-electron chi connectivity index (χ1n) is 4.07. The summed E-state index contributed by atoms with van der Waals surface area (Å²) in [4.78, 5) is 0. The van der Waals surface area contributed by atoms with Crippen molar-refractivity contribution in [2.45, 2.75) is 26.1 Å². The van der Waals surface area contributed by atoms with E-state index in [1.807, 2.05) is 6.92 Å². The fourth-order valence-electron chi connectivity index (χ4n) is 1.02. The highest BCUT2D eigenvalue weighted by molar-refractivity contribution is 5.06. The highest BCUT2D eigenvalue weighted by Crippen LogP contribution is 2.02. The highest BCUT2D eigenvalue weighted by Gasteiger charge is 2.10. The van der Waals surface area contributed by atoms with Crippen LogP contribution in [0.1, 0.15) is 11.4 Å². The van der Waals surface area contributed by atoms with Gasteiger partial charge in [0.2, 0.25) is 0 Å². The predicted molar refractivity (Wildman–Crippen MR) is 45.7 cm³/mol. The summed E-state index contributed by atoms with van der Waals surface area (Å²) in [6.07, 6.45) is -0.800. The Kier molecular flexibility index (Phi) is 3.35. The van der Waals surface area contributed by atoms with Crippen molar-refractivity contribution in [1.29, 1.82) is 0 Å². The first kappa shape index (κ1) is 10.1. The summed E-state index contributed by atoms with van der Waals surface area (Å²) in [6.45, 7) is 2.12. The summed E-state index contributed by atoms with van der Waals surface area (Å²) in [5.41, 5.74) is 6.94. The zero-order chi connectivity index (χ0) is 9.84. The molecule has 0 saturated heterocycles. The van der Waals surface area contributed by atoms with Crippen LogP contribution in [-0.4, -0.2) is 37.9 Å². The van der Waals surface area contributed by atoms with Crippen LogP contribution in [0.15, 0.2) is 0 Å². The standard InChI is InChI=1S/C7H14N4O2/c1-5-7(2-8)9-10-11(5)3-6(13)4-12/h6,12-13H,2-4,8H2,1H3. The monoisotopic (exact) mass is 186 g/mol. The maximum Gasteiger partial charge on any atom is 0.0991 e. The molecule has 4 N–H and O–H groups in total. The first-order chi connectivity index (χ1) is 6.19. The van der Waals surface area contributed by atoms with E-state index in [4.69, 9.17) is 15.9 Å². The molecule has 0 aliphatic heterocycles. The van der Waals surface area contributed by atoms with Crippen LogP contribution in [0.2, 0.25) is 0 Å². The van der Waals surface area contributed by atoms with Gasteiger partial charge in [0, 0.05) is 6.54 Å². The molecule has 6 heteroatoms. The summed E-state index contributed by atoms with van der Waals surface area (Å²) in [6, 6.07) is 0. The molecule has 1 aromatic rings. The van der Waals surface area contributed by atoms with Gasteiger partial charge in [0.15, 0.2) is 0 Å². The summed E-state index contributed by atoms with van der Waals surface area (Å²) in [5, 5.41) is 25.4. The number of aliphatic hydroxyl groups excluding tert-OH is 2. The van der Waals surface area contributed by atoms with Gasteiger partial charge in [-0.15, -0.1) is 5.10 Å². The van der Waals surface area contributed by atoms with Crippen LogP contribution in [-0.2, 0) is 13.1 Å². The second-order valence-corrected chi connectivity index (χ2v) is 2.84. The van der Waals surface area contributed by atoms with Crippen molar-refractivity contribution in [3.63, 3.8) is 0 Å². The zero-order valence-corrected chi connectivity index (χ0v) is 7.51. The third kappa shape index (κ3) is 2.24. The summed E-state index contributed by atoms with van der Waals surface area (Å²) < 4.78 is 1.53. The van der Waals surface area contributed by atoms with E-state index in [0.29, 0.717) is 12.2 Å². The Morgan fingerprint density at radius 2 is 2.31 bits per heavy atom. The van der Waals surface area contributed by atoms with E-state index in [1.54, 1.807) is 0 Å². The van der Waals surface area contributed by atoms with Crippen molar-refractivity contribution >= 4 is 0 Å². The van der Waals surface area contributed by atoms with Crippen LogP contribution in [0.3, 0.4) is 0 Å². The van der Waals surface area contributed by atoms with Gasteiger partial charge in [0.1, 0.15) is 0 Å². The number of hydrogen-bond donors (Lipinski definition) is 3. The molecule has 0 spiro atoms. The Labute approximate surface area is 76.0 Å². The van der Waals surface area contributed by atoms with Gasteiger partial charge in [0.25, 0.3) is 0 Å². The lowest BCUT2D eigenvalue weighted by Gasteiger charge is -2.07. The number of rotatable bonds is 4. The Hall–Kier alpha value is -0.980. The lowest BCUT2D eigenvalue weighted by atomic mass is 10.3. The minimum atomic E-state index is -0.800. The quantitative estimate of drug-likeness (QED) is 0.526. The van der Waals surface area contributed by atoms with Gasteiger partial charge >= 0.3 is 0 Å². The first-order valence-corrected chi connectivity index (χ1v) is 4.07. The molecule has 0 radical (unpaired) electrons. The van der Waals surface area contributed by atoms with E-state index in [1.165, 1.54) is 4.68 Å². The average Bonchev–Trinajstić information content (AvgIpc) is 2.48. The van der Waals surface area contributed by atoms with Gasteiger partial charge in [-0.25, -0.2) is 4.68 Å². The molecule has 13 heavy (non-hydrogen) atoms. The Balaban J connectivity index is 2.72. The van der Waals surface area contributed by atoms with Crippen molar-refractivity contribution < 1.29 is 10.2 Å². The van der Waals surface area contributed by atoms with Gasteiger partial charge in [-0.1, -0.05) is 5.21 Å². The molecule has 1 aromatic heterocycles. The second-order valence-electron chi connectivity index (χ2n) is 2.84. The zero-order valence-electron chi connectivity index (χ0n) is 7.51. The lowest BCUT2D eigenvalue weighted by Crippen LogP contribution is -2.21. The Morgan fingerprint density at radius 1 is 1.62 bits per heavy atom. The predicted octanol–water partition coefficient (Wildman–Crippen LogP) is -1.60. The number of nitrogens with two attached hydrogens (primary N) is 1. The minimum Gasteiger partial charge on any atom is -0.394 e. The number of aromatic nitrogens is 3. The Bertz CT molecular complexity index is 273. The fraction of sp³-hybridized carbons (Fsp3) is 0.714. The lowest BCUT2D eigenvalue weighted by molar-refractivity contribution is 0.0772. The van der Waals surface area contributed by atoms with Gasteiger partial charge in [-0.2, -0.15) is 0 Å². The van der Waals surface area contributed by atoms with Gasteiger partial charge in [-0.05, 0) is 6.92 Å². The summed E-state index contributed by atoms with van der Waals surface area (Å²) in [7, 11) is 0. The third-order valence-electron chi connectivity index (χ3n) is 1.87. The maximum absolute atomic E-state index is 9.15. The molecule has 0 amide bonds. The maximum atomic E-state index is 9.15. The van der Waals surface area contributed by atoms with Gasteiger partial charge in [-0.3, -0.25) is 0 Å². The molecule has 0 fully saturated rings. The van der Waals surface area contributed by atoms with Crippen molar-refractivity contribution in [2.24, 2.45) is 5.73 Å². The van der Waals surface area contributed by atoms with Crippen LogP contribution in [0.5, 0.6) is 0 Å². The molecule has 1 heterocycles. The fourth-order valence-corrected chi connectivity index (χ4v) is 1.02. The molecule has 0 aliphatic carbocycles. The van der Waals surface area contributed by atoms with Crippen LogP contribution in [0.25, 0.3) is 0 Å². The van der Waals surface area contributed by atoms with E-state index in [2.05, 4.69) is 10.3 Å². The molecule has 1 unspecified atom stereocenters. The molecule has 0 aromatic carbocycles. The van der Waals surface area contributed by atoms with E-state index in [-0.39, 0.29) is 13.2 Å². The van der Waals surface area contributed by atoms with Crippen LogP contribution >= 0.6 is 0 Å².